The van der Waals surface area contributed by atoms with Crippen molar-refractivity contribution in [2.45, 2.75) is 44.6 Å². The smallest absolute Gasteiger partial charge is 0.228 e. The second-order valence-electron chi connectivity index (χ2n) is 6.38. The van der Waals surface area contributed by atoms with Crippen LogP contribution in [0.2, 0.25) is 0 Å². The van der Waals surface area contributed by atoms with Crippen LogP contribution in [0.1, 0.15) is 38.5 Å². The Labute approximate surface area is 119 Å². The summed E-state index contributed by atoms with van der Waals surface area (Å²) in [7, 11) is 1.75. The highest BCUT2D eigenvalue weighted by atomic mass is 16.2. The predicted octanol–water partition coefficient (Wildman–Crippen LogP) is 0.825. The van der Waals surface area contributed by atoms with Crippen LogP contribution in [0.5, 0.6) is 0 Å². The summed E-state index contributed by atoms with van der Waals surface area (Å²) in [6, 6.07) is 0.0958. The van der Waals surface area contributed by atoms with Gasteiger partial charge in [0.2, 0.25) is 11.8 Å². The molecule has 3 atom stereocenters. The lowest BCUT2D eigenvalue weighted by molar-refractivity contribution is -0.138. The Hall–Kier alpha value is -1.39. The number of hydrogen-bond acceptors (Lipinski definition) is 3. The highest BCUT2D eigenvalue weighted by Gasteiger charge is 2.43. The minimum Gasteiger partial charge on any atom is -0.345 e. The number of nitrogens with zero attached hydrogens (tertiary/aromatic N) is 2. The summed E-state index contributed by atoms with van der Waals surface area (Å²) >= 11 is 0. The van der Waals surface area contributed by atoms with E-state index in [1.54, 1.807) is 11.9 Å². The van der Waals surface area contributed by atoms with Crippen molar-refractivity contribution < 1.29 is 14.4 Å². The summed E-state index contributed by atoms with van der Waals surface area (Å²) in [5.41, 5.74) is 0. The van der Waals surface area contributed by atoms with E-state index in [-0.39, 0.29) is 29.7 Å². The number of carbonyl (C=O) groups is 3. The molecule has 0 aromatic carbocycles. The lowest BCUT2D eigenvalue weighted by atomic mass is 9.94. The van der Waals surface area contributed by atoms with Crippen LogP contribution in [-0.2, 0) is 14.4 Å². The van der Waals surface area contributed by atoms with Gasteiger partial charge in [-0.15, -0.1) is 0 Å². The normalized spacial score (nSPS) is 34.4. The molecule has 0 N–H and O–H groups in total. The Morgan fingerprint density at radius 3 is 2.60 bits per heavy atom. The molecule has 5 nitrogen and oxygen atoms in total. The van der Waals surface area contributed by atoms with Crippen LogP contribution in [0.3, 0.4) is 0 Å². The minimum absolute atomic E-state index is 0.0519. The summed E-state index contributed by atoms with van der Waals surface area (Å²) in [6.07, 6.45) is 4.82. The van der Waals surface area contributed by atoms with Crippen LogP contribution in [0, 0.1) is 11.8 Å². The summed E-state index contributed by atoms with van der Waals surface area (Å²) < 4.78 is 0. The monoisotopic (exact) mass is 278 g/mol. The van der Waals surface area contributed by atoms with Gasteiger partial charge >= 0.3 is 0 Å². The number of likely N-dealkylation sites (tertiary alicyclic amines) is 2. The van der Waals surface area contributed by atoms with Crippen molar-refractivity contribution in [3.05, 3.63) is 0 Å². The average Bonchev–Trinajstić information content (AvgIpc) is 3.10. The van der Waals surface area contributed by atoms with Gasteiger partial charge in [0.25, 0.3) is 0 Å². The van der Waals surface area contributed by atoms with Gasteiger partial charge in [0.15, 0.2) is 0 Å². The van der Waals surface area contributed by atoms with E-state index < -0.39 is 0 Å². The number of hydrogen-bond donors (Lipinski definition) is 0. The van der Waals surface area contributed by atoms with Crippen molar-refractivity contribution in [3.63, 3.8) is 0 Å². The highest BCUT2D eigenvalue weighted by molar-refractivity contribution is 5.90. The molecule has 3 aliphatic rings. The van der Waals surface area contributed by atoms with E-state index in [1.165, 1.54) is 0 Å². The Bertz CT molecular complexity index is 448. The number of rotatable bonds is 2. The molecule has 3 fully saturated rings. The quantitative estimate of drug-likeness (QED) is 0.751. The first kappa shape index (κ1) is 13.6. The molecule has 0 bridgehead atoms. The molecule has 20 heavy (non-hydrogen) atoms. The van der Waals surface area contributed by atoms with Crippen LogP contribution in [0.4, 0.5) is 0 Å². The summed E-state index contributed by atoms with van der Waals surface area (Å²) in [5, 5.41) is 0. The van der Waals surface area contributed by atoms with E-state index in [0.717, 1.165) is 32.2 Å². The Morgan fingerprint density at radius 1 is 1.20 bits per heavy atom. The molecule has 2 amide bonds. The largest absolute Gasteiger partial charge is 0.345 e. The minimum atomic E-state index is -0.204. The molecule has 110 valence electrons. The predicted molar refractivity (Wildman–Crippen MR) is 72.8 cm³/mol. The van der Waals surface area contributed by atoms with E-state index in [2.05, 4.69) is 0 Å². The molecule has 0 aromatic heterocycles. The number of ketones is 1. The third kappa shape index (κ3) is 2.23. The van der Waals surface area contributed by atoms with Crippen molar-refractivity contribution in [1.82, 2.24) is 9.80 Å². The zero-order valence-corrected chi connectivity index (χ0v) is 12.0. The van der Waals surface area contributed by atoms with Crippen molar-refractivity contribution >= 4 is 17.6 Å². The Morgan fingerprint density at radius 2 is 2.00 bits per heavy atom. The zero-order chi connectivity index (χ0) is 14.3. The van der Waals surface area contributed by atoms with Gasteiger partial charge in [-0.3, -0.25) is 14.4 Å². The third-order valence-corrected chi connectivity index (χ3v) is 5.09. The molecular formula is C15H22N2O3. The summed E-state index contributed by atoms with van der Waals surface area (Å²) in [4.78, 5) is 39.7. The molecule has 5 heteroatoms. The van der Waals surface area contributed by atoms with Gasteiger partial charge in [-0.25, -0.2) is 0 Å². The number of amides is 2. The van der Waals surface area contributed by atoms with Crippen molar-refractivity contribution in [2.75, 3.05) is 20.1 Å². The van der Waals surface area contributed by atoms with Crippen LogP contribution in [0.15, 0.2) is 0 Å². The maximum absolute atomic E-state index is 12.6. The molecule has 0 unspecified atom stereocenters. The molecule has 0 spiro atoms. The van der Waals surface area contributed by atoms with Crippen LogP contribution in [-0.4, -0.2) is 53.6 Å². The van der Waals surface area contributed by atoms with Crippen molar-refractivity contribution in [2.24, 2.45) is 11.8 Å². The molecule has 0 aromatic rings. The van der Waals surface area contributed by atoms with E-state index >= 15 is 0 Å². The topological polar surface area (TPSA) is 57.7 Å². The van der Waals surface area contributed by atoms with Crippen LogP contribution < -0.4 is 0 Å². The number of carbonyl (C=O) groups excluding carboxylic acids is 3. The molecule has 0 radical (unpaired) electrons. The van der Waals surface area contributed by atoms with Crippen LogP contribution in [0.25, 0.3) is 0 Å². The fourth-order valence-corrected chi connectivity index (χ4v) is 4.00. The van der Waals surface area contributed by atoms with Gasteiger partial charge in [-0.05, 0) is 25.7 Å². The standard InChI is InChI=1S/C15H22N2O3/c1-16-9-10(8-14(16)19)15(20)17-7-3-5-12(17)11-4-2-6-13(11)18/h10-12H,2-9H2,1H3/t10-,11-,12+/m1/s1. The Kier molecular flexibility index (Phi) is 3.52. The molecule has 2 heterocycles. The van der Waals surface area contributed by atoms with E-state index in [0.29, 0.717) is 25.2 Å². The first-order valence-corrected chi connectivity index (χ1v) is 7.65. The maximum Gasteiger partial charge on any atom is 0.228 e. The first-order chi connectivity index (χ1) is 9.58. The molecule has 2 aliphatic heterocycles. The van der Waals surface area contributed by atoms with Crippen LogP contribution >= 0.6 is 0 Å². The molecule has 1 saturated carbocycles. The fourth-order valence-electron chi connectivity index (χ4n) is 4.00. The van der Waals surface area contributed by atoms with Crippen molar-refractivity contribution in [1.29, 1.82) is 0 Å². The van der Waals surface area contributed by atoms with Gasteiger partial charge in [-0.2, -0.15) is 0 Å². The second kappa shape index (κ2) is 5.19. The fraction of sp³-hybridized carbons (Fsp3) is 0.800. The molecule has 3 rings (SSSR count). The van der Waals surface area contributed by atoms with E-state index in [1.807, 2.05) is 4.90 Å². The van der Waals surface area contributed by atoms with Gasteiger partial charge in [0.05, 0.1) is 5.92 Å². The second-order valence-corrected chi connectivity index (χ2v) is 6.38. The van der Waals surface area contributed by atoms with Gasteiger partial charge in [0, 0.05) is 44.9 Å². The average molecular weight is 278 g/mol. The number of Topliss-reactive ketones (excluding diaryl/α,β-unsaturated/α-hetero) is 1. The zero-order valence-electron chi connectivity index (χ0n) is 12.0. The highest BCUT2D eigenvalue weighted by Crippen LogP contribution is 2.34. The van der Waals surface area contributed by atoms with Gasteiger partial charge in [0.1, 0.15) is 5.78 Å². The van der Waals surface area contributed by atoms with Crippen molar-refractivity contribution in [3.8, 4) is 0 Å². The Balaban J connectivity index is 1.70. The van der Waals surface area contributed by atoms with Gasteiger partial charge in [-0.1, -0.05) is 0 Å². The lowest BCUT2D eigenvalue weighted by Gasteiger charge is -2.30. The molecule has 1 aliphatic carbocycles. The lowest BCUT2D eigenvalue weighted by Crippen LogP contribution is -2.44. The van der Waals surface area contributed by atoms with E-state index in [9.17, 15) is 14.4 Å². The molecular weight excluding hydrogens is 256 g/mol. The maximum atomic E-state index is 12.6. The summed E-state index contributed by atoms with van der Waals surface area (Å²) in [5.74, 6) is 0.316. The SMILES string of the molecule is CN1C[C@H](C(=O)N2CCC[C@H]2[C@H]2CCCC2=O)CC1=O. The summed E-state index contributed by atoms with van der Waals surface area (Å²) in [6.45, 7) is 1.28. The third-order valence-electron chi connectivity index (χ3n) is 5.09. The van der Waals surface area contributed by atoms with E-state index in [4.69, 9.17) is 0 Å². The van der Waals surface area contributed by atoms with Gasteiger partial charge < -0.3 is 9.80 Å². The first-order valence-electron chi connectivity index (χ1n) is 7.65. The molecule has 2 saturated heterocycles.